The lowest BCUT2D eigenvalue weighted by atomic mass is 10.1. The Kier molecular flexibility index (Phi) is 5.94. The largest absolute Gasteiger partial charge is 0.398 e. The maximum absolute atomic E-state index is 12.4. The fraction of sp³-hybridized carbons (Fsp3) is 0.538. The molecule has 0 radical (unpaired) electrons. The lowest BCUT2D eigenvalue weighted by Crippen LogP contribution is -2.36. The van der Waals surface area contributed by atoms with Crippen LogP contribution >= 0.6 is 0 Å². The summed E-state index contributed by atoms with van der Waals surface area (Å²) < 4.78 is 37.3. The van der Waals surface area contributed by atoms with Gasteiger partial charge < -0.3 is 15.2 Å². The molecule has 1 rings (SSSR count). The van der Waals surface area contributed by atoms with Crippen LogP contribution in [0, 0.1) is 13.8 Å². The fourth-order valence-electron chi connectivity index (χ4n) is 1.84. The van der Waals surface area contributed by atoms with Gasteiger partial charge in [-0.05, 0) is 31.0 Å². The maximum Gasteiger partial charge on any atom is 0.242 e. The number of ether oxygens (including phenoxy) is 2. The number of methoxy groups -OCH3 is 2. The van der Waals surface area contributed by atoms with Crippen LogP contribution in [0.5, 0.6) is 0 Å². The van der Waals surface area contributed by atoms with Crippen molar-refractivity contribution < 1.29 is 17.9 Å². The molecule has 1 unspecified atom stereocenters. The number of anilines is 1. The van der Waals surface area contributed by atoms with Crippen molar-refractivity contribution in [3.8, 4) is 0 Å². The average molecular weight is 302 g/mol. The molecule has 0 saturated heterocycles. The fourth-order valence-corrected chi connectivity index (χ4v) is 3.33. The Morgan fingerprint density at radius 3 is 2.50 bits per heavy atom. The predicted octanol–water partition coefficient (Wildman–Crippen LogP) is 0.825. The summed E-state index contributed by atoms with van der Waals surface area (Å²) in [6.07, 6.45) is -0.346. The van der Waals surface area contributed by atoms with Gasteiger partial charge >= 0.3 is 0 Å². The smallest absolute Gasteiger partial charge is 0.242 e. The monoisotopic (exact) mass is 302 g/mol. The molecule has 0 aliphatic carbocycles. The minimum absolute atomic E-state index is 0.124. The van der Waals surface area contributed by atoms with Gasteiger partial charge in [0.1, 0.15) is 4.90 Å². The Labute approximate surface area is 120 Å². The highest BCUT2D eigenvalue weighted by molar-refractivity contribution is 7.89. The molecule has 1 aromatic carbocycles. The van der Waals surface area contributed by atoms with Gasteiger partial charge in [-0.1, -0.05) is 6.07 Å². The molecule has 0 aliphatic heterocycles. The third kappa shape index (κ3) is 3.92. The zero-order valence-electron chi connectivity index (χ0n) is 12.3. The van der Waals surface area contributed by atoms with Crippen molar-refractivity contribution in [3.63, 3.8) is 0 Å². The number of benzene rings is 1. The van der Waals surface area contributed by atoms with Gasteiger partial charge in [-0.3, -0.25) is 0 Å². The highest BCUT2D eigenvalue weighted by Crippen LogP contribution is 2.24. The second-order valence-corrected chi connectivity index (χ2v) is 6.29. The van der Waals surface area contributed by atoms with E-state index in [9.17, 15) is 8.42 Å². The van der Waals surface area contributed by atoms with Crippen molar-refractivity contribution in [2.24, 2.45) is 0 Å². The van der Waals surface area contributed by atoms with Crippen LogP contribution in [-0.4, -0.2) is 41.9 Å². The normalized spacial score (nSPS) is 13.4. The summed E-state index contributed by atoms with van der Waals surface area (Å²) in [7, 11) is -0.643. The van der Waals surface area contributed by atoms with Gasteiger partial charge in [0.2, 0.25) is 10.0 Å². The molecule has 0 aromatic heterocycles. The minimum Gasteiger partial charge on any atom is -0.398 e. The molecule has 0 aliphatic rings. The molecule has 114 valence electrons. The van der Waals surface area contributed by atoms with Gasteiger partial charge in [0.05, 0.1) is 18.4 Å². The Bertz CT molecular complexity index is 558. The molecule has 1 atom stereocenters. The first-order valence-electron chi connectivity index (χ1n) is 6.20. The zero-order valence-corrected chi connectivity index (χ0v) is 13.1. The van der Waals surface area contributed by atoms with E-state index in [1.165, 1.54) is 14.2 Å². The molecule has 1 aromatic rings. The summed E-state index contributed by atoms with van der Waals surface area (Å²) in [6, 6.07) is 3.40. The van der Waals surface area contributed by atoms with E-state index < -0.39 is 10.0 Å². The van der Waals surface area contributed by atoms with E-state index in [1.807, 2.05) is 6.92 Å². The summed E-state index contributed by atoms with van der Waals surface area (Å²) >= 11 is 0. The van der Waals surface area contributed by atoms with Gasteiger partial charge in [-0.2, -0.15) is 0 Å². The molecule has 3 N–H and O–H groups in total. The van der Waals surface area contributed by atoms with Crippen LogP contribution in [0.1, 0.15) is 11.1 Å². The lowest BCUT2D eigenvalue weighted by molar-refractivity contribution is 0.0320. The molecule has 0 saturated carbocycles. The third-order valence-corrected chi connectivity index (χ3v) is 4.79. The molecule has 20 heavy (non-hydrogen) atoms. The summed E-state index contributed by atoms with van der Waals surface area (Å²) in [4.78, 5) is 0.129. The van der Waals surface area contributed by atoms with Crippen molar-refractivity contribution in [2.75, 3.05) is 33.1 Å². The van der Waals surface area contributed by atoms with Gasteiger partial charge in [-0.25, -0.2) is 13.1 Å². The predicted molar refractivity (Wildman–Crippen MR) is 78.2 cm³/mol. The summed E-state index contributed by atoms with van der Waals surface area (Å²) in [5, 5.41) is 0. The van der Waals surface area contributed by atoms with E-state index in [4.69, 9.17) is 15.2 Å². The topological polar surface area (TPSA) is 90.7 Å². The van der Waals surface area contributed by atoms with Crippen LogP contribution in [0.3, 0.4) is 0 Å². The van der Waals surface area contributed by atoms with Crippen molar-refractivity contribution >= 4 is 15.7 Å². The van der Waals surface area contributed by atoms with Crippen LogP contribution in [0.2, 0.25) is 0 Å². The summed E-state index contributed by atoms with van der Waals surface area (Å²) in [6.45, 7) is 4.01. The Hall–Kier alpha value is -1.15. The maximum atomic E-state index is 12.4. The number of sulfonamides is 1. The second kappa shape index (κ2) is 7.03. The Morgan fingerprint density at radius 1 is 1.30 bits per heavy atom. The van der Waals surface area contributed by atoms with E-state index in [1.54, 1.807) is 19.1 Å². The highest BCUT2D eigenvalue weighted by atomic mass is 32.2. The van der Waals surface area contributed by atoms with Gasteiger partial charge in [-0.15, -0.1) is 0 Å². The van der Waals surface area contributed by atoms with E-state index in [-0.39, 0.29) is 23.2 Å². The number of rotatable bonds is 7. The first-order chi connectivity index (χ1) is 9.33. The van der Waals surface area contributed by atoms with Crippen molar-refractivity contribution in [2.45, 2.75) is 24.8 Å². The molecule has 0 fully saturated rings. The lowest BCUT2D eigenvalue weighted by Gasteiger charge is -2.17. The molecule has 7 heteroatoms. The second-order valence-electron chi connectivity index (χ2n) is 4.59. The van der Waals surface area contributed by atoms with Crippen molar-refractivity contribution in [1.29, 1.82) is 0 Å². The Morgan fingerprint density at radius 2 is 1.95 bits per heavy atom. The molecule has 0 spiro atoms. The van der Waals surface area contributed by atoms with E-state index >= 15 is 0 Å². The van der Waals surface area contributed by atoms with Crippen molar-refractivity contribution in [3.05, 3.63) is 23.3 Å². The number of hydrogen-bond acceptors (Lipinski definition) is 5. The molecular weight excluding hydrogens is 280 g/mol. The first kappa shape index (κ1) is 16.9. The first-order valence-corrected chi connectivity index (χ1v) is 7.69. The summed E-state index contributed by atoms with van der Waals surface area (Å²) in [5.74, 6) is 0. The number of nitrogen functional groups attached to an aromatic ring is 1. The average Bonchev–Trinajstić information content (AvgIpc) is 2.39. The van der Waals surface area contributed by atoms with Gasteiger partial charge in [0.25, 0.3) is 0 Å². The van der Waals surface area contributed by atoms with Crippen LogP contribution < -0.4 is 10.5 Å². The number of nitrogens with one attached hydrogen (secondary N) is 1. The quantitative estimate of drug-likeness (QED) is 0.728. The molecule has 0 heterocycles. The van der Waals surface area contributed by atoms with Gasteiger partial charge in [0.15, 0.2) is 0 Å². The summed E-state index contributed by atoms with van der Waals surface area (Å²) in [5.41, 5.74) is 7.56. The SMILES string of the molecule is COCC(CNS(=O)(=O)c1c(N)ccc(C)c1C)OC. The van der Waals surface area contributed by atoms with Crippen LogP contribution in [0.15, 0.2) is 17.0 Å². The molecular formula is C13H22N2O4S. The number of nitrogens with two attached hydrogens (primary N) is 1. The molecule has 0 bridgehead atoms. The van der Waals surface area contributed by atoms with Crippen LogP contribution in [0.4, 0.5) is 5.69 Å². The van der Waals surface area contributed by atoms with Crippen molar-refractivity contribution in [1.82, 2.24) is 4.72 Å². The standard InChI is InChI=1S/C13H22N2O4S/c1-9-5-6-12(14)13(10(9)2)20(16,17)15-7-11(19-4)8-18-3/h5-6,11,15H,7-8,14H2,1-4H3. The van der Waals surface area contributed by atoms with Crippen LogP contribution in [-0.2, 0) is 19.5 Å². The Balaban J connectivity index is 2.98. The van der Waals surface area contributed by atoms with E-state index in [0.29, 0.717) is 12.2 Å². The molecule has 6 nitrogen and oxygen atoms in total. The third-order valence-electron chi connectivity index (χ3n) is 3.16. The minimum atomic E-state index is -3.68. The van der Waals surface area contributed by atoms with E-state index in [0.717, 1.165) is 5.56 Å². The zero-order chi connectivity index (χ0) is 15.3. The van der Waals surface area contributed by atoms with Gasteiger partial charge in [0, 0.05) is 20.8 Å². The number of hydrogen-bond donors (Lipinski definition) is 2. The van der Waals surface area contributed by atoms with Crippen LogP contribution in [0.25, 0.3) is 0 Å². The molecule has 0 amide bonds. The highest BCUT2D eigenvalue weighted by Gasteiger charge is 2.22. The number of aryl methyl sites for hydroxylation is 1. The van der Waals surface area contributed by atoms with E-state index in [2.05, 4.69) is 4.72 Å².